The van der Waals surface area contributed by atoms with E-state index in [4.69, 9.17) is 14.2 Å². The molecule has 0 aliphatic carbocycles. The van der Waals surface area contributed by atoms with E-state index in [1.165, 1.54) is 11.1 Å². The Labute approximate surface area is 151 Å². The van der Waals surface area contributed by atoms with Crippen LogP contribution in [0, 0.1) is 13.8 Å². The molecule has 0 saturated carbocycles. The molecule has 25 heavy (non-hydrogen) atoms. The van der Waals surface area contributed by atoms with Gasteiger partial charge in [-0.1, -0.05) is 18.2 Å². The first-order valence-corrected chi connectivity index (χ1v) is 8.69. The second-order valence-electron chi connectivity index (χ2n) is 6.21. The van der Waals surface area contributed by atoms with Crippen molar-refractivity contribution >= 4 is 5.69 Å². The number of rotatable bonds is 8. The van der Waals surface area contributed by atoms with Crippen molar-refractivity contribution in [3.05, 3.63) is 47.5 Å². The Balaban J connectivity index is 2.14. The summed E-state index contributed by atoms with van der Waals surface area (Å²) in [6, 6.07) is 12.5. The number of aryl methyl sites for hydroxylation is 2. The number of methoxy groups -OCH3 is 2. The first-order chi connectivity index (χ1) is 12.0. The lowest BCUT2D eigenvalue weighted by Gasteiger charge is -2.31. The lowest BCUT2D eigenvalue weighted by atomic mass is 10.1. The van der Waals surface area contributed by atoms with Gasteiger partial charge in [-0.15, -0.1) is 0 Å². The van der Waals surface area contributed by atoms with Crippen molar-refractivity contribution in [2.45, 2.75) is 33.7 Å². The van der Waals surface area contributed by atoms with Gasteiger partial charge in [0, 0.05) is 18.3 Å². The van der Waals surface area contributed by atoms with E-state index in [-0.39, 0.29) is 6.04 Å². The van der Waals surface area contributed by atoms with Crippen LogP contribution in [0.1, 0.15) is 25.0 Å². The molecule has 136 valence electrons. The molecule has 0 radical (unpaired) electrons. The van der Waals surface area contributed by atoms with E-state index in [1.54, 1.807) is 14.2 Å². The highest BCUT2D eigenvalue weighted by atomic mass is 16.5. The summed E-state index contributed by atoms with van der Waals surface area (Å²) >= 11 is 0. The topological polar surface area (TPSA) is 30.9 Å². The molecule has 0 saturated heterocycles. The van der Waals surface area contributed by atoms with Crippen LogP contribution in [0.25, 0.3) is 0 Å². The van der Waals surface area contributed by atoms with Crippen LogP contribution in [0.3, 0.4) is 0 Å². The lowest BCUT2D eigenvalue weighted by Crippen LogP contribution is -2.37. The molecule has 0 heterocycles. The van der Waals surface area contributed by atoms with Crippen LogP contribution in [-0.4, -0.2) is 33.4 Å². The number of hydrogen-bond acceptors (Lipinski definition) is 4. The van der Waals surface area contributed by atoms with E-state index in [1.807, 2.05) is 12.1 Å². The molecule has 0 bridgehead atoms. The predicted octanol–water partition coefficient (Wildman–Crippen LogP) is 4.61. The van der Waals surface area contributed by atoms with Crippen molar-refractivity contribution in [3.8, 4) is 17.2 Å². The fourth-order valence-electron chi connectivity index (χ4n) is 3.07. The summed E-state index contributed by atoms with van der Waals surface area (Å²) in [6.45, 7) is 9.98. The Hall–Kier alpha value is -2.36. The standard InChI is InChI=1S/C21H29NO3/c1-7-22(18-11-12-19(23-5)20(13-18)24-6)17(4)14-25-21-15(2)9-8-10-16(21)3/h8-13,17H,7,14H2,1-6H3. The van der Waals surface area contributed by atoms with Crippen LogP contribution in [0.5, 0.6) is 17.2 Å². The summed E-state index contributed by atoms with van der Waals surface area (Å²) in [5.41, 5.74) is 3.43. The number of likely N-dealkylation sites (N-methyl/N-ethyl adjacent to an activating group) is 1. The van der Waals surface area contributed by atoms with Crippen LogP contribution in [0.15, 0.2) is 36.4 Å². The molecule has 1 unspecified atom stereocenters. The van der Waals surface area contributed by atoms with Crippen molar-refractivity contribution < 1.29 is 14.2 Å². The van der Waals surface area contributed by atoms with Crippen LogP contribution in [-0.2, 0) is 0 Å². The molecule has 1 atom stereocenters. The predicted molar refractivity (Wildman–Crippen MR) is 103 cm³/mol. The third kappa shape index (κ3) is 4.38. The van der Waals surface area contributed by atoms with Gasteiger partial charge < -0.3 is 19.1 Å². The monoisotopic (exact) mass is 343 g/mol. The Morgan fingerprint density at radius 2 is 1.60 bits per heavy atom. The highest BCUT2D eigenvalue weighted by molar-refractivity contribution is 5.57. The van der Waals surface area contributed by atoms with Gasteiger partial charge in [0.25, 0.3) is 0 Å². The number of nitrogens with zero attached hydrogens (tertiary/aromatic N) is 1. The van der Waals surface area contributed by atoms with E-state index in [2.05, 4.69) is 56.9 Å². The number of ether oxygens (including phenoxy) is 3. The highest BCUT2D eigenvalue weighted by Crippen LogP contribution is 2.32. The maximum atomic E-state index is 6.14. The molecule has 4 nitrogen and oxygen atoms in total. The van der Waals surface area contributed by atoms with Crippen molar-refractivity contribution in [1.29, 1.82) is 0 Å². The average Bonchev–Trinajstić information content (AvgIpc) is 2.61. The zero-order chi connectivity index (χ0) is 18.4. The molecule has 0 amide bonds. The number of benzene rings is 2. The third-order valence-electron chi connectivity index (χ3n) is 4.45. The molecule has 0 spiro atoms. The van der Waals surface area contributed by atoms with Crippen LogP contribution < -0.4 is 19.1 Å². The minimum absolute atomic E-state index is 0.224. The van der Waals surface area contributed by atoms with Crippen molar-refractivity contribution in [2.75, 3.05) is 32.3 Å². The van der Waals surface area contributed by atoms with E-state index < -0.39 is 0 Å². The SMILES string of the molecule is CCN(c1ccc(OC)c(OC)c1)C(C)COc1c(C)cccc1C. The minimum Gasteiger partial charge on any atom is -0.493 e. The maximum Gasteiger partial charge on any atom is 0.162 e. The van der Waals surface area contributed by atoms with Crippen LogP contribution >= 0.6 is 0 Å². The molecular formula is C21H29NO3. The van der Waals surface area contributed by atoms with Gasteiger partial charge in [0.2, 0.25) is 0 Å². The first-order valence-electron chi connectivity index (χ1n) is 8.69. The van der Waals surface area contributed by atoms with Gasteiger partial charge in [-0.3, -0.25) is 0 Å². The molecule has 2 aromatic rings. The van der Waals surface area contributed by atoms with E-state index in [0.29, 0.717) is 6.61 Å². The zero-order valence-corrected chi connectivity index (χ0v) is 16.1. The van der Waals surface area contributed by atoms with Gasteiger partial charge in [-0.05, 0) is 51.0 Å². The fourth-order valence-corrected chi connectivity index (χ4v) is 3.07. The van der Waals surface area contributed by atoms with Gasteiger partial charge >= 0.3 is 0 Å². The summed E-state index contributed by atoms with van der Waals surface area (Å²) in [5.74, 6) is 2.46. The Kier molecular flexibility index (Phi) is 6.57. The Bertz CT molecular complexity index is 679. The summed E-state index contributed by atoms with van der Waals surface area (Å²) in [6.07, 6.45) is 0. The molecule has 0 aromatic heterocycles. The summed E-state index contributed by atoms with van der Waals surface area (Å²) < 4.78 is 16.9. The van der Waals surface area contributed by atoms with Crippen LogP contribution in [0.4, 0.5) is 5.69 Å². The zero-order valence-electron chi connectivity index (χ0n) is 16.1. The molecule has 2 aromatic carbocycles. The Morgan fingerprint density at radius 3 is 2.16 bits per heavy atom. The molecule has 0 fully saturated rings. The smallest absolute Gasteiger partial charge is 0.162 e. The molecule has 0 aliphatic heterocycles. The van der Waals surface area contributed by atoms with Crippen molar-refractivity contribution in [3.63, 3.8) is 0 Å². The fraction of sp³-hybridized carbons (Fsp3) is 0.429. The second kappa shape index (κ2) is 8.65. The quantitative estimate of drug-likeness (QED) is 0.700. The molecule has 0 N–H and O–H groups in total. The molecule has 0 aliphatic rings. The second-order valence-corrected chi connectivity index (χ2v) is 6.21. The number of anilines is 1. The minimum atomic E-state index is 0.224. The van der Waals surface area contributed by atoms with Gasteiger partial charge in [-0.25, -0.2) is 0 Å². The van der Waals surface area contributed by atoms with Gasteiger partial charge in [0.15, 0.2) is 11.5 Å². The summed E-state index contributed by atoms with van der Waals surface area (Å²) in [5, 5.41) is 0. The van der Waals surface area contributed by atoms with Crippen molar-refractivity contribution in [1.82, 2.24) is 0 Å². The highest BCUT2D eigenvalue weighted by Gasteiger charge is 2.17. The third-order valence-corrected chi connectivity index (χ3v) is 4.45. The van der Waals surface area contributed by atoms with Gasteiger partial charge in [0.1, 0.15) is 12.4 Å². The van der Waals surface area contributed by atoms with Gasteiger partial charge in [-0.2, -0.15) is 0 Å². The number of hydrogen-bond donors (Lipinski definition) is 0. The van der Waals surface area contributed by atoms with E-state index >= 15 is 0 Å². The normalized spacial score (nSPS) is 11.8. The molecule has 2 rings (SSSR count). The summed E-state index contributed by atoms with van der Waals surface area (Å²) in [4.78, 5) is 2.30. The van der Waals surface area contributed by atoms with E-state index in [9.17, 15) is 0 Å². The Morgan fingerprint density at radius 1 is 0.960 bits per heavy atom. The van der Waals surface area contributed by atoms with Gasteiger partial charge in [0.05, 0.1) is 20.3 Å². The van der Waals surface area contributed by atoms with E-state index in [0.717, 1.165) is 29.5 Å². The maximum absolute atomic E-state index is 6.14. The largest absolute Gasteiger partial charge is 0.493 e. The molecule has 4 heteroatoms. The molecular weight excluding hydrogens is 314 g/mol. The first kappa shape index (κ1) is 19.0. The number of para-hydroxylation sites is 1. The lowest BCUT2D eigenvalue weighted by molar-refractivity contribution is 0.286. The van der Waals surface area contributed by atoms with Crippen molar-refractivity contribution in [2.24, 2.45) is 0 Å². The summed E-state index contributed by atoms with van der Waals surface area (Å²) in [7, 11) is 3.31. The average molecular weight is 343 g/mol. The van der Waals surface area contributed by atoms with Crippen LogP contribution in [0.2, 0.25) is 0 Å².